The van der Waals surface area contributed by atoms with Gasteiger partial charge in [0.2, 0.25) is 0 Å². The van der Waals surface area contributed by atoms with Crippen LogP contribution in [-0.2, 0) is 11.3 Å². The zero-order chi connectivity index (χ0) is 15.1. The molecule has 0 saturated heterocycles. The summed E-state index contributed by atoms with van der Waals surface area (Å²) in [5.74, 6) is 2.24. The summed E-state index contributed by atoms with van der Waals surface area (Å²) >= 11 is 0. The summed E-state index contributed by atoms with van der Waals surface area (Å²) in [5.41, 5.74) is 2.22. The maximum absolute atomic E-state index is 5.13. The number of hydrogen-bond donors (Lipinski definition) is 2. The average molecular weight is 286 g/mol. The van der Waals surface area contributed by atoms with Gasteiger partial charge in [0.25, 0.3) is 0 Å². The van der Waals surface area contributed by atoms with Gasteiger partial charge in [0.1, 0.15) is 18.2 Å². The predicted octanol–water partition coefficient (Wildman–Crippen LogP) is 3.50. The number of nitrogens with zero attached hydrogens (tertiary/aromatic N) is 2. The lowest BCUT2D eigenvalue weighted by molar-refractivity contribution is 0.178. The average Bonchev–Trinajstić information content (AvgIpc) is 2.45. The molecule has 1 aromatic heterocycles. The molecule has 2 aromatic rings. The van der Waals surface area contributed by atoms with Gasteiger partial charge in [-0.3, -0.25) is 0 Å². The third-order valence-electron chi connectivity index (χ3n) is 2.89. The molecule has 21 heavy (non-hydrogen) atoms. The molecule has 0 aliphatic rings. The largest absolute Gasteiger partial charge is 0.377 e. The van der Waals surface area contributed by atoms with E-state index in [0.29, 0.717) is 12.4 Å². The van der Waals surface area contributed by atoms with E-state index in [0.717, 1.165) is 30.3 Å². The van der Waals surface area contributed by atoms with E-state index in [1.54, 1.807) is 7.11 Å². The van der Waals surface area contributed by atoms with Gasteiger partial charge < -0.3 is 15.4 Å². The number of hydrogen-bond acceptors (Lipinski definition) is 5. The van der Waals surface area contributed by atoms with Crippen LogP contribution in [0.4, 0.5) is 17.3 Å². The summed E-state index contributed by atoms with van der Waals surface area (Å²) in [6, 6.07) is 10.1. The summed E-state index contributed by atoms with van der Waals surface area (Å²) in [4.78, 5) is 8.90. The molecular weight excluding hydrogens is 264 g/mol. The second-order valence-electron chi connectivity index (χ2n) is 4.91. The quantitative estimate of drug-likeness (QED) is 0.816. The number of aromatic nitrogens is 2. The lowest BCUT2D eigenvalue weighted by atomic mass is 10.2. The van der Waals surface area contributed by atoms with Crippen molar-refractivity contribution in [3.8, 4) is 0 Å². The third kappa shape index (κ3) is 4.72. The summed E-state index contributed by atoms with van der Waals surface area (Å²) in [6.07, 6.45) is 1.05. The molecule has 0 amide bonds. The smallest absolute Gasteiger partial charge is 0.158 e. The number of methoxy groups -OCH3 is 1. The Kier molecular flexibility index (Phi) is 5.51. The second-order valence-corrected chi connectivity index (χ2v) is 4.91. The summed E-state index contributed by atoms with van der Waals surface area (Å²) in [6.45, 7) is 5.46. The Bertz CT molecular complexity index is 586. The summed E-state index contributed by atoms with van der Waals surface area (Å²) in [7, 11) is 1.64. The SMILES string of the molecule is CCCNc1cc(Nc2cccc(C)c2)nc(COC)n1. The number of rotatable bonds is 7. The van der Waals surface area contributed by atoms with Crippen molar-refractivity contribution in [2.45, 2.75) is 26.9 Å². The number of anilines is 3. The fourth-order valence-corrected chi connectivity index (χ4v) is 1.97. The van der Waals surface area contributed by atoms with Crippen LogP contribution in [0.3, 0.4) is 0 Å². The normalized spacial score (nSPS) is 10.4. The van der Waals surface area contributed by atoms with Crippen molar-refractivity contribution >= 4 is 17.3 Å². The monoisotopic (exact) mass is 286 g/mol. The van der Waals surface area contributed by atoms with Gasteiger partial charge in [-0.05, 0) is 31.0 Å². The molecule has 1 heterocycles. The van der Waals surface area contributed by atoms with E-state index < -0.39 is 0 Å². The highest BCUT2D eigenvalue weighted by Gasteiger charge is 2.05. The number of benzene rings is 1. The fraction of sp³-hybridized carbons (Fsp3) is 0.375. The Labute approximate surface area is 125 Å². The Morgan fingerprint density at radius 1 is 1.14 bits per heavy atom. The molecule has 1 aromatic carbocycles. The number of nitrogens with one attached hydrogen (secondary N) is 2. The zero-order valence-corrected chi connectivity index (χ0v) is 12.8. The highest BCUT2D eigenvalue weighted by molar-refractivity contribution is 5.59. The third-order valence-corrected chi connectivity index (χ3v) is 2.89. The molecule has 5 heteroatoms. The van der Waals surface area contributed by atoms with Crippen LogP contribution in [0.5, 0.6) is 0 Å². The molecule has 2 rings (SSSR count). The van der Waals surface area contributed by atoms with Crippen molar-refractivity contribution in [1.29, 1.82) is 0 Å². The molecule has 0 aliphatic carbocycles. The predicted molar refractivity (Wildman–Crippen MR) is 86.0 cm³/mol. The second kappa shape index (κ2) is 7.59. The van der Waals surface area contributed by atoms with Crippen LogP contribution in [0.25, 0.3) is 0 Å². The molecule has 5 nitrogen and oxygen atoms in total. The van der Waals surface area contributed by atoms with Crippen molar-refractivity contribution in [2.75, 3.05) is 24.3 Å². The molecular formula is C16H22N4O. The van der Waals surface area contributed by atoms with E-state index in [4.69, 9.17) is 4.74 Å². The van der Waals surface area contributed by atoms with Crippen molar-refractivity contribution in [2.24, 2.45) is 0 Å². The first-order valence-electron chi connectivity index (χ1n) is 7.15. The van der Waals surface area contributed by atoms with Crippen molar-refractivity contribution < 1.29 is 4.74 Å². The first-order chi connectivity index (χ1) is 10.2. The highest BCUT2D eigenvalue weighted by atomic mass is 16.5. The number of aryl methyl sites for hydroxylation is 1. The Balaban J connectivity index is 2.22. The van der Waals surface area contributed by atoms with Crippen LogP contribution >= 0.6 is 0 Å². The molecule has 0 unspecified atom stereocenters. The van der Waals surface area contributed by atoms with E-state index in [1.807, 2.05) is 18.2 Å². The topological polar surface area (TPSA) is 59.1 Å². The molecule has 0 fully saturated rings. The van der Waals surface area contributed by atoms with Gasteiger partial charge in [-0.15, -0.1) is 0 Å². The Hall–Kier alpha value is -2.14. The summed E-state index contributed by atoms with van der Waals surface area (Å²) < 4.78 is 5.13. The van der Waals surface area contributed by atoms with Gasteiger partial charge in [0.05, 0.1) is 0 Å². The van der Waals surface area contributed by atoms with Gasteiger partial charge in [-0.2, -0.15) is 0 Å². The first kappa shape index (κ1) is 15.3. The molecule has 0 radical (unpaired) electrons. The van der Waals surface area contributed by atoms with Gasteiger partial charge in [-0.1, -0.05) is 19.1 Å². The van der Waals surface area contributed by atoms with E-state index >= 15 is 0 Å². The molecule has 0 bridgehead atoms. The lowest BCUT2D eigenvalue weighted by Gasteiger charge is -2.11. The highest BCUT2D eigenvalue weighted by Crippen LogP contribution is 2.18. The zero-order valence-electron chi connectivity index (χ0n) is 12.8. The van der Waals surface area contributed by atoms with Gasteiger partial charge in [0, 0.05) is 25.4 Å². The maximum atomic E-state index is 5.13. The standard InChI is InChI=1S/C16H22N4O/c1-4-8-17-14-10-15(20-16(19-14)11-21-3)18-13-7-5-6-12(2)9-13/h5-7,9-10H,4,8,11H2,1-3H3,(H2,17,18,19,20). The minimum atomic E-state index is 0.393. The van der Waals surface area contributed by atoms with E-state index in [2.05, 4.69) is 46.6 Å². The van der Waals surface area contributed by atoms with Crippen molar-refractivity contribution in [3.05, 3.63) is 41.7 Å². The van der Waals surface area contributed by atoms with Crippen molar-refractivity contribution in [3.63, 3.8) is 0 Å². The van der Waals surface area contributed by atoms with Crippen LogP contribution in [0.1, 0.15) is 24.7 Å². The van der Waals surface area contributed by atoms with Gasteiger partial charge in [-0.25, -0.2) is 9.97 Å². The summed E-state index contributed by atoms with van der Waals surface area (Å²) in [5, 5.41) is 6.60. The number of ether oxygens (including phenoxy) is 1. The van der Waals surface area contributed by atoms with Crippen molar-refractivity contribution in [1.82, 2.24) is 9.97 Å². The van der Waals surface area contributed by atoms with Crippen LogP contribution < -0.4 is 10.6 Å². The molecule has 0 spiro atoms. The van der Waals surface area contributed by atoms with Gasteiger partial charge in [0.15, 0.2) is 5.82 Å². The molecule has 0 saturated carbocycles. The van der Waals surface area contributed by atoms with Crippen LogP contribution in [0.2, 0.25) is 0 Å². The molecule has 0 aliphatic heterocycles. The fourth-order valence-electron chi connectivity index (χ4n) is 1.97. The Morgan fingerprint density at radius 2 is 1.95 bits per heavy atom. The molecule has 112 valence electrons. The Morgan fingerprint density at radius 3 is 2.67 bits per heavy atom. The first-order valence-corrected chi connectivity index (χ1v) is 7.15. The molecule has 0 atom stereocenters. The van der Waals surface area contributed by atoms with Gasteiger partial charge >= 0.3 is 0 Å². The van der Waals surface area contributed by atoms with E-state index in [9.17, 15) is 0 Å². The minimum Gasteiger partial charge on any atom is -0.377 e. The maximum Gasteiger partial charge on any atom is 0.158 e. The van der Waals surface area contributed by atoms with E-state index in [-0.39, 0.29) is 0 Å². The van der Waals surface area contributed by atoms with E-state index in [1.165, 1.54) is 5.56 Å². The van der Waals surface area contributed by atoms with Crippen LogP contribution in [-0.4, -0.2) is 23.6 Å². The lowest BCUT2D eigenvalue weighted by Crippen LogP contribution is -2.07. The minimum absolute atomic E-state index is 0.393. The molecule has 2 N–H and O–H groups in total. The van der Waals surface area contributed by atoms with Crippen LogP contribution in [0.15, 0.2) is 30.3 Å². The van der Waals surface area contributed by atoms with Crippen LogP contribution in [0, 0.1) is 6.92 Å².